The quantitative estimate of drug-likeness (QED) is 0.814. The molecular weight excluding hydrogens is 292 g/mol. The van der Waals surface area contributed by atoms with Gasteiger partial charge in [0.05, 0.1) is 4.90 Å². The number of halogens is 1. The number of sulfonamides is 1. The molecule has 0 radical (unpaired) electrons. The molecule has 0 heterocycles. The number of amides is 2. The van der Waals surface area contributed by atoms with Crippen molar-refractivity contribution in [2.45, 2.75) is 24.1 Å². The van der Waals surface area contributed by atoms with E-state index >= 15 is 0 Å². The van der Waals surface area contributed by atoms with E-state index in [-0.39, 0.29) is 10.8 Å². The lowest BCUT2D eigenvalue weighted by molar-refractivity contribution is -0.117. The van der Waals surface area contributed by atoms with Crippen LogP contribution in [0.4, 0.5) is 5.69 Å². The number of carbonyl (C=O) groups excluding carboxylic acids is 2. The van der Waals surface area contributed by atoms with Crippen LogP contribution in [-0.4, -0.2) is 25.6 Å². The van der Waals surface area contributed by atoms with Gasteiger partial charge in [0.15, 0.2) is 0 Å². The zero-order valence-electron chi connectivity index (χ0n) is 10.3. The number of benzene rings is 1. The third kappa shape index (κ3) is 4.53. The molecule has 6 nitrogen and oxygen atoms in total. The molecule has 2 N–H and O–H groups in total. The fourth-order valence-corrected chi connectivity index (χ4v) is 2.25. The van der Waals surface area contributed by atoms with Crippen molar-refractivity contribution in [1.29, 1.82) is 0 Å². The number of anilines is 1. The van der Waals surface area contributed by atoms with E-state index in [1.54, 1.807) is 0 Å². The summed E-state index contributed by atoms with van der Waals surface area (Å²) in [5, 5.41) is 1.82. The Morgan fingerprint density at radius 1 is 1.21 bits per heavy atom. The van der Waals surface area contributed by atoms with Gasteiger partial charge in [-0.3, -0.25) is 9.59 Å². The van der Waals surface area contributed by atoms with Crippen molar-refractivity contribution in [3.8, 4) is 0 Å². The Morgan fingerprint density at radius 2 is 1.74 bits per heavy atom. The lowest BCUT2D eigenvalue weighted by Crippen LogP contribution is -2.28. The first kappa shape index (κ1) is 15.5. The molecule has 0 aliphatic heterocycles. The van der Waals surface area contributed by atoms with Gasteiger partial charge in [-0.1, -0.05) is 0 Å². The summed E-state index contributed by atoms with van der Waals surface area (Å²) in [5.74, 6) is -1.06. The van der Waals surface area contributed by atoms with E-state index in [1.165, 1.54) is 31.2 Å². The number of rotatable bonds is 4. The lowest BCUT2D eigenvalue weighted by Gasteiger charge is -2.08. The minimum absolute atomic E-state index is 0.0698. The van der Waals surface area contributed by atoms with Crippen LogP contribution in [0.25, 0.3) is 0 Å². The van der Waals surface area contributed by atoms with Crippen molar-refractivity contribution >= 4 is 39.1 Å². The molecule has 8 heteroatoms. The van der Waals surface area contributed by atoms with Crippen LogP contribution in [-0.2, 0) is 19.6 Å². The molecule has 1 aromatic carbocycles. The highest BCUT2D eigenvalue weighted by molar-refractivity contribution is 7.90. The van der Waals surface area contributed by atoms with E-state index in [9.17, 15) is 18.0 Å². The normalized spacial score (nSPS) is 12.6. The summed E-state index contributed by atoms with van der Waals surface area (Å²) in [6, 6.07) is 5.37. The van der Waals surface area contributed by atoms with Gasteiger partial charge in [0.1, 0.15) is 5.38 Å². The summed E-state index contributed by atoms with van der Waals surface area (Å²) in [4.78, 5) is 22.0. The molecule has 0 fully saturated rings. The third-order valence-corrected chi connectivity index (χ3v) is 3.72. The molecule has 2 amide bonds. The van der Waals surface area contributed by atoms with Crippen LogP contribution in [0.15, 0.2) is 29.2 Å². The van der Waals surface area contributed by atoms with Crippen molar-refractivity contribution in [2.75, 3.05) is 5.32 Å². The molecule has 0 saturated carbocycles. The van der Waals surface area contributed by atoms with Gasteiger partial charge in [0.2, 0.25) is 11.8 Å². The summed E-state index contributed by atoms with van der Waals surface area (Å²) in [5.41, 5.74) is 0.416. The molecule has 1 unspecified atom stereocenters. The molecule has 19 heavy (non-hydrogen) atoms. The molecule has 0 aliphatic rings. The third-order valence-electron chi connectivity index (χ3n) is 2.07. The van der Waals surface area contributed by atoms with Crippen LogP contribution < -0.4 is 10.0 Å². The predicted molar refractivity (Wildman–Crippen MR) is 71.4 cm³/mol. The Bertz CT molecular complexity index is 581. The lowest BCUT2D eigenvalue weighted by atomic mass is 10.3. The molecular formula is C11H13ClN2O4S. The van der Waals surface area contributed by atoms with E-state index in [0.717, 1.165) is 6.92 Å². The highest BCUT2D eigenvalue weighted by atomic mass is 35.5. The monoisotopic (exact) mass is 304 g/mol. The Kier molecular flexibility index (Phi) is 4.90. The van der Waals surface area contributed by atoms with Crippen LogP contribution >= 0.6 is 11.6 Å². The smallest absolute Gasteiger partial charge is 0.264 e. The summed E-state index contributed by atoms with van der Waals surface area (Å²) in [7, 11) is -3.86. The molecule has 0 bridgehead atoms. The Labute approximate surface area is 116 Å². The Balaban J connectivity index is 2.88. The number of hydrogen-bond donors (Lipinski definition) is 2. The number of nitrogens with one attached hydrogen (secondary N) is 2. The Morgan fingerprint density at radius 3 is 2.16 bits per heavy atom. The van der Waals surface area contributed by atoms with E-state index in [4.69, 9.17) is 11.6 Å². The van der Waals surface area contributed by atoms with Gasteiger partial charge in [0, 0.05) is 12.6 Å². The first-order chi connectivity index (χ1) is 8.72. The van der Waals surface area contributed by atoms with Gasteiger partial charge in [0.25, 0.3) is 10.0 Å². The van der Waals surface area contributed by atoms with E-state index in [1.807, 2.05) is 4.72 Å². The van der Waals surface area contributed by atoms with Crippen molar-refractivity contribution in [3.63, 3.8) is 0 Å². The minimum Gasteiger partial charge on any atom is -0.325 e. The van der Waals surface area contributed by atoms with Gasteiger partial charge < -0.3 is 5.32 Å². The zero-order valence-corrected chi connectivity index (χ0v) is 11.9. The largest absolute Gasteiger partial charge is 0.325 e. The summed E-state index contributed by atoms with van der Waals surface area (Å²) in [6.45, 7) is 2.63. The molecule has 0 aliphatic carbocycles. The zero-order chi connectivity index (χ0) is 14.6. The molecule has 0 aromatic heterocycles. The van der Waals surface area contributed by atoms with Crippen LogP contribution in [0.2, 0.25) is 0 Å². The van der Waals surface area contributed by atoms with Gasteiger partial charge >= 0.3 is 0 Å². The second-order valence-electron chi connectivity index (χ2n) is 3.79. The molecule has 0 spiro atoms. The van der Waals surface area contributed by atoms with Crippen LogP contribution in [0.5, 0.6) is 0 Å². The van der Waals surface area contributed by atoms with E-state index in [2.05, 4.69) is 5.32 Å². The molecule has 0 saturated heterocycles. The van der Waals surface area contributed by atoms with Gasteiger partial charge in [-0.15, -0.1) is 11.6 Å². The van der Waals surface area contributed by atoms with Gasteiger partial charge in [-0.2, -0.15) is 0 Å². The van der Waals surface area contributed by atoms with Crippen molar-refractivity contribution in [3.05, 3.63) is 24.3 Å². The van der Waals surface area contributed by atoms with Crippen molar-refractivity contribution in [2.24, 2.45) is 0 Å². The maximum absolute atomic E-state index is 11.6. The van der Waals surface area contributed by atoms with Crippen molar-refractivity contribution < 1.29 is 18.0 Å². The van der Waals surface area contributed by atoms with Crippen molar-refractivity contribution in [1.82, 2.24) is 4.72 Å². The molecule has 1 aromatic rings. The van der Waals surface area contributed by atoms with Crippen LogP contribution in [0.3, 0.4) is 0 Å². The average Bonchev–Trinajstić information content (AvgIpc) is 2.27. The van der Waals surface area contributed by atoms with E-state index in [0.29, 0.717) is 5.69 Å². The van der Waals surface area contributed by atoms with Crippen LogP contribution in [0, 0.1) is 0 Å². The predicted octanol–water partition coefficient (Wildman–Crippen LogP) is 1.08. The second kappa shape index (κ2) is 6.03. The topological polar surface area (TPSA) is 92.3 Å². The summed E-state index contributed by atoms with van der Waals surface area (Å²) < 4.78 is 25.1. The second-order valence-corrected chi connectivity index (χ2v) is 6.13. The highest BCUT2D eigenvalue weighted by Crippen LogP contribution is 2.14. The first-order valence-electron chi connectivity index (χ1n) is 5.31. The highest BCUT2D eigenvalue weighted by Gasteiger charge is 2.15. The SMILES string of the molecule is CC(=O)NS(=O)(=O)c1ccc(NC(=O)C(C)Cl)cc1. The minimum atomic E-state index is -3.86. The number of hydrogen-bond acceptors (Lipinski definition) is 4. The standard InChI is InChI=1S/C11H13ClN2O4S/c1-7(12)11(16)13-9-3-5-10(6-4-9)19(17,18)14-8(2)15/h3-7H,1-2H3,(H,13,16)(H,14,15). The van der Waals surface area contributed by atoms with E-state index < -0.39 is 21.3 Å². The molecule has 1 atom stereocenters. The Hall–Kier alpha value is -1.60. The summed E-state index contributed by atoms with van der Waals surface area (Å²) >= 11 is 5.58. The maximum atomic E-state index is 11.6. The first-order valence-corrected chi connectivity index (χ1v) is 7.23. The maximum Gasteiger partial charge on any atom is 0.264 e. The average molecular weight is 305 g/mol. The number of alkyl halides is 1. The van der Waals surface area contributed by atoms with Gasteiger partial charge in [-0.05, 0) is 31.2 Å². The van der Waals surface area contributed by atoms with Crippen LogP contribution in [0.1, 0.15) is 13.8 Å². The molecule has 1 rings (SSSR count). The summed E-state index contributed by atoms with van der Waals surface area (Å²) in [6.07, 6.45) is 0. The fraction of sp³-hybridized carbons (Fsp3) is 0.273. The van der Waals surface area contributed by atoms with Gasteiger partial charge in [-0.25, -0.2) is 13.1 Å². The fourth-order valence-electron chi connectivity index (χ4n) is 1.21. The molecule has 104 valence electrons. The number of carbonyl (C=O) groups is 2.